The lowest BCUT2D eigenvalue weighted by atomic mass is 10.1. The van der Waals surface area contributed by atoms with Crippen molar-refractivity contribution in [2.75, 3.05) is 18.1 Å². The Bertz CT molecular complexity index is 378. The van der Waals surface area contributed by atoms with E-state index >= 15 is 0 Å². The molecule has 4 heteroatoms. The van der Waals surface area contributed by atoms with Gasteiger partial charge in [0.15, 0.2) is 0 Å². The smallest absolute Gasteiger partial charge is 0.251 e. The third-order valence-electron chi connectivity index (χ3n) is 2.93. The minimum atomic E-state index is 0.00768. The number of amides is 1. The van der Waals surface area contributed by atoms with Gasteiger partial charge in [0.2, 0.25) is 0 Å². The van der Waals surface area contributed by atoms with Gasteiger partial charge in [-0.25, -0.2) is 0 Å². The summed E-state index contributed by atoms with van der Waals surface area (Å²) in [4.78, 5) is 12.0. The Labute approximate surface area is 120 Å². The number of rotatable bonds is 8. The molecule has 1 amide bonds. The number of hydrogen-bond donors (Lipinski definition) is 2. The molecular weight excluding hydrogens is 256 g/mol. The normalized spacial score (nSPS) is 12.2. The highest BCUT2D eigenvalue weighted by Gasteiger charge is 2.09. The molecule has 19 heavy (non-hydrogen) atoms. The molecule has 0 spiro atoms. The molecule has 0 aliphatic carbocycles. The van der Waals surface area contributed by atoms with E-state index in [4.69, 9.17) is 5.73 Å². The zero-order chi connectivity index (χ0) is 14.1. The maximum Gasteiger partial charge on any atom is 0.251 e. The van der Waals surface area contributed by atoms with Crippen molar-refractivity contribution >= 4 is 17.7 Å². The summed E-state index contributed by atoms with van der Waals surface area (Å²) in [6.07, 6.45) is 1.86. The highest BCUT2D eigenvalue weighted by atomic mass is 32.2. The molecule has 3 nitrogen and oxygen atoms in total. The van der Waals surface area contributed by atoms with E-state index in [2.05, 4.69) is 19.2 Å². The Morgan fingerprint density at radius 2 is 2.05 bits per heavy atom. The summed E-state index contributed by atoms with van der Waals surface area (Å²) in [6.45, 7) is 4.84. The lowest BCUT2D eigenvalue weighted by Crippen LogP contribution is -2.32. The van der Waals surface area contributed by atoms with Gasteiger partial charge in [-0.05, 0) is 55.5 Å². The molecule has 1 aromatic carbocycles. The largest absolute Gasteiger partial charge is 0.350 e. The van der Waals surface area contributed by atoms with Crippen LogP contribution in [0.4, 0.5) is 0 Å². The third-order valence-corrected chi connectivity index (χ3v) is 3.86. The van der Waals surface area contributed by atoms with Crippen molar-refractivity contribution < 1.29 is 4.79 Å². The molecule has 1 aromatic rings. The summed E-state index contributed by atoms with van der Waals surface area (Å²) in [7, 11) is 0. The van der Waals surface area contributed by atoms with Gasteiger partial charge in [0.05, 0.1) is 0 Å². The number of hydrogen-bond acceptors (Lipinski definition) is 3. The quantitative estimate of drug-likeness (QED) is 0.719. The van der Waals surface area contributed by atoms with Crippen molar-refractivity contribution in [3.05, 3.63) is 35.4 Å². The highest BCUT2D eigenvalue weighted by molar-refractivity contribution is 7.99. The van der Waals surface area contributed by atoms with E-state index in [9.17, 15) is 4.79 Å². The van der Waals surface area contributed by atoms with E-state index in [-0.39, 0.29) is 11.9 Å². The fraction of sp³-hybridized carbons (Fsp3) is 0.533. The lowest BCUT2D eigenvalue weighted by molar-refractivity contribution is 0.0939. The van der Waals surface area contributed by atoms with Gasteiger partial charge in [-0.2, -0.15) is 11.8 Å². The zero-order valence-electron chi connectivity index (χ0n) is 11.8. The van der Waals surface area contributed by atoms with Crippen LogP contribution in [0.2, 0.25) is 0 Å². The van der Waals surface area contributed by atoms with E-state index in [1.807, 2.05) is 36.0 Å². The van der Waals surface area contributed by atoms with Crippen LogP contribution in [0, 0.1) is 0 Å². The molecule has 1 atom stereocenters. The van der Waals surface area contributed by atoms with Crippen LogP contribution in [0.3, 0.4) is 0 Å². The first kappa shape index (κ1) is 16.1. The van der Waals surface area contributed by atoms with Crippen molar-refractivity contribution in [3.8, 4) is 0 Å². The van der Waals surface area contributed by atoms with Gasteiger partial charge in [-0.15, -0.1) is 0 Å². The Kier molecular flexibility index (Phi) is 7.60. The maximum atomic E-state index is 12.0. The van der Waals surface area contributed by atoms with E-state index in [0.717, 1.165) is 29.9 Å². The van der Waals surface area contributed by atoms with Crippen molar-refractivity contribution in [1.82, 2.24) is 5.32 Å². The molecule has 0 aromatic heterocycles. The van der Waals surface area contributed by atoms with Gasteiger partial charge in [-0.3, -0.25) is 4.79 Å². The van der Waals surface area contributed by atoms with Crippen LogP contribution in [0.25, 0.3) is 0 Å². The second-order valence-corrected chi connectivity index (χ2v) is 5.99. The van der Waals surface area contributed by atoms with Crippen molar-refractivity contribution in [2.45, 2.75) is 32.7 Å². The minimum Gasteiger partial charge on any atom is -0.350 e. The molecule has 1 rings (SSSR count). The molecule has 0 aliphatic rings. The summed E-state index contributed by atoms with van der Waals surface area (Å²) < 4.78 is 0. The first-order valence-electron chi connectivity index (χ1n) is 6.85. The lowest BCUT2D eigenvalue weighted by Gasteiger charge is -2.13. The monoisotopic (exact) mass is 280 g/mol. The summed E-state index contributed by atoms with van der Waals surface area (Å²) in [6, 6.07) is 7.90. The number of nitrogens with two attached hydrogens (primary N) is 1. The fourth-order valence-corrected chi connectivity index (χ4v) is 2.58. The first-order chi connectivity index (χ1) is 9.17. The summed E-state index contributed by atoms with van der Waals surface area (Å²) in [5.74, 6) is 2.23. The molecule has 3 N–H and O–H groups in total. The molecule has 0 fully saturated rings. The number of benzene rings is 1. The molecule has 0 saturated heterocycles. The molecule has 0 bridgehead atoms. The van der Waals surface area contributed by atoms with Crippen LogP contribution < -0.4 is 11.1 Å². The number of carbonyl (C=O) groups is 1. The fourth-order valence-electron chi connectivity index (χ4n) is 1.77. The Hall–Kier alpha value is -1.00. The minimum absolute atomic E-state index is 0.00768. The number of thioether (sulfide) groups is 1. The average Bonchev–Trinajstić information content (AvgIpc) is 2.40. The molecular formula is C15H24N2OS. The van der Waals surface area contributed by atoms with Crippen LogP contribution in [0.5, 0.6) is 0 Å². The van der Waals surface area contributed by atoms with Crippen LogP contribution in [0.1, 0.15) is 36.2 Å². The van der Waals surface area contributed by atoms with Gasteiger partial charge in [0.1, 0.15) is 0 Å². The predicted molar refractivity (Wildman–Crippen MR) is 83.7 cm³/mol. The van der Waals surface area contributed by atoms with Gasteiger partial charge in [0.25, 0.3) is 5.91 Å². The molecule has 0 aliphatic heterocycles. The van der Waals surface area contributed by atoms with E-state index in [0.29, 0.717) is 6.54 Å². The average molecular weight is 280 g/mol. The van der Waals surface area contributed by atoms with Crippen LogP contribution >= 0.6 is 11.8 Å². The van der Waals surface area contributed by atoms with Gasteiger partial charge >= 0.3 is 0 Å². The topological polar surface area (TPSA) is 55.1 Å². The Morgan fingerprint density at radius 3 is 2.63 bits per heavy atom. The van der Waals surface area contributed by atoms with Crippen LogP contribution in [-0.2, 0) is 6.42 Å². The number of nitrogens with one attached hydrogen (secondary N) is 1. The summed E-state index contributed by atoms with van der Waals surface area (Å²) in [5.41, 5.74) is 7.39. The van der Waals surface area contributed by atoms with Gasteiger partial charge in [0, 0.05) is 11.6 Å². The second kappa shape index (κ2) is 8.99. The standard InChI is InChI=1S/C15H24N2OS/c1-3-19-11-9-12(2)17-15(18)14-6-4-13(5-7-14)8-10-16/h4-7,12H,3,8-11,16H2,1-2H3,(H,17,18). The molecule has 0 saturated carbocycles. The van der Waals surface area contributed by atoms with E-state index in [1.165, 1.54) is 5.56 Å². The molecule has 0 heterocycles. The molecule has 106 valence electrons. The summed E-state index contributed by atoms with van der Waals surface area (Å²) in [5, 5.41) is 3.03. The predicted octanol–water partition coefficient (Wildman–Crippen LogP) is 2.45. The van der Waals surface area contributed by atoms with Crippen LogP contribution in [-0.4, -0.2) is 30.0 Å². The summed E-state index contributed by atoms with van der Waals surface area (Å²) >= 11 is 1.90. The van der Waals surface area contributed by atoms with Gasteiger partial charge in [-0.1, -0.05) is 19.1 Å². The van der Waals surface area contributed by atoms with Crippen LogP contribution in [0.15, 0.2) is 24.3 Å². The Balaban J connectivity index is 2.44. The number of carbonyl (C=O) groups excluding carboxylic acids is 1. The van der Waals surface area contributed by atoms with Crippen molar-refractivity contribution in [1.29, 1.82) is 0 Å². The second-order valence-electron chi connectivity index (χ2n) is 4.60. The maximum absolute atomic E-state index is 12.0. The van der Waals surface area contributed by atoms with Gasteiger partial charge < -0.3 is 11.1 Å². The van der Waals surface area contributed by atoms with Crippen molar-refractivity contribution in [3.63, 3.8) is 0 Å². The van der Waals surface area contributed by atoms with Crippen molar-refractivity contribution in [2.24, 2.45) is 5.73 Å². The Morgan fingerprint density at radius 1 is 1.37 bits per heavy atom. The van der Waals surface area contributed by atoms with E-state index < -0.39 is 0 Å². The third kappa shape index (κ3) is 6.12. The molecule has 1 unspecified atom stereocenters. The highest BCUT2D eigenvalue weighted by Crippen LogP contribution is 2.07. The van der Waals surface area contributed by atoms with E-state index in [1.54, 1.807) is 0 Å². The SMILES string of the molecule is CCSCCC(C)NC(=O)c1ccc(CCN)cc1. The molecule has 0 radical (unpaired) electrons. The first-order valence-corrected chi connectivity index (χ1v) is 8.00. The zero-order valence-corrected chi connectivity index (χ0v) is 12.6.